The number of nitrogens with one attached hydrogen (secondary N) is 1. The lowest BCUT2D eigenvalue weighted by Crippen LogP contribution is -2.15. The van der Waals surface area contributed by atoms with E-state index in [1.165, 1.54) is 32.5 Å². The van der Waals surface area contributed by atoms with Crippen molar-refractivity contribution in [2.24, 2.45) is 0 Å². The summed E-state index contributed by atoms with van der Waals surface area (Å²) in [6, 6.07) is 11.5. The molecule has 0 saturated heterocycles. The summed E-state index contributed by atoms with van der Waals surface area (Å²) in [5.41, 5.74) is 5.04. The third kappa shape index (κ3) is 3.96. The Labute approximate surface area is 176 Å². The van der Waals surface area contributed by atoms with Gasteiger partial charge in [0.15, 0.2) is 11.5 Å². The van der Waals surface area contributed by atoms with Crippen molar-refractivity contribution in [1.82, 2.24) is 9.78 Å². The molecular weight excluding hydrogens is 382 g/mol. The van der Waals surface area contributed by atoms with Crippen LogP contribution in [-0.2, 0) is 6.54 Å². The molecule has 1 amide bonds. The Hall–Kier alpha value is -3.48. The van der Waals surface area contributed by atoms with E-state index in [9.17, 15) is 4.79 Å². The van der Waals surface area contributed by atoms with Crippen LogP contribution in [0.15, 0.2) is 36.4 Å². The normalized spacial score (nSPS) is 10.6. The quantitative estimate of drug-likeness (QED) is 0.635. The summed E-state index contributed by atoms with van der Waals surface area (Å²) in [4.78, 5) is 13.1. The summed E-state index contributed by atoms with van der Waals surface area (Å²) in [6.07, 6.45) is 0. The van der Waals surface area contributed by atoms with Crippen LogP contribution >= 0.6 is 0 Å². The number of benzene rings is 2. The summed E-state index contributed by atoms with van der Waals surface area (Å²) >= 11 is 0. The fourth-order valence-electron chi connectivity index (χ4n) is 3.44. The minimum absolute atomic E-state index is 0.311. The van der Waals surface area contributed by atoms with Crippen molar-refractivity contribution >= 4 is 11.6 Å². The molecule has 0 unspecified atom stereocenters. The smallest absolute Gasteiger partial charge is 0.259 e. The van der Waals surface area contributed by atoms with Gasteiger partial charge in [0.25, 0.3) is 5.91 Å². The number of hydrogen-bond donors (Lipinski definition) is 1. The third-order valence-corrected chi connectivity index (χ3v) is 5.15. The highest BCUT2D eigenvalue weighted by atomic mass is 16.5. The second kappa shape index (κ2) is 8.90. The number of hydrogen-bond acceptors (Lipinski definition) is 5. The molecular formula is C23H27N3O4. The molecule has 7 heteroatoms. The molecule has 0 spiro atoms. The number of aryl methyl sites for hydroxylation is 2. The number of anilines is 1. The molecule has 30 heavy (non-hydrogen) atoms. The molecule has 1 N–H and O–H groups in total. The van der Waals surface area contributed by atoms with Gasteiger partial charge in [0, 0.05) is 0 Å². The van der Waals surface area contributed by atoms with Crippen LogP contribution in [-0.4, -0.2) is 37.0 Å². The average Bonchev–Trinajstić information content (AvgIpc) is 3.01. The highest BCUT2D eigenvalue weighted by Gasteiger charge is 2.23. The number of aromatic nitrogens is 2. The van der Waals surface area contributed by atoms with Crippen LogP contribution in [0, 0.1) is 20.8 Å². The van der Waals surface area contributed by atoms with Crippen molar-refractivity contribution in [3.63, 3.8) is 0 Å². The number of carbonyl (C=O) groups is 1. The Bertz CT molecular complexity index is 1070. The molecule has 1 heterocycles. The minimum atomic E-state index is -0.311. The maximum Gasteiger partial charge on any atom is 0.259 e. The maximum atomic E-state index is 13.1. The molecule has 0 aliphatic rings. The Balaban J connectivity index is 1.91. The number of amides is 1. The van der Waals surface area contributed by atoms with Gasteiger partial charge in [-0.25, -0.2) is 0 Å². The first kappa shape index (κ1) is 21.2. The van der Waals surface area contributed by atoms with E-state index in [1.807, 2.05) is 30.7 Å². The SMILES string of the molecule is COc1ccc(C(=O)Nc2c(C)nn(Cc3ccccc3C)c2C)c(OC)c1OC. The monoisotopic (exact) mass is 409 g/mol. The standard InChI is InChI=1S/C23H27N3O4/c1-14-9-7-8-10-17(14)13-26-16(3)20(15(2)25-26)24-23(27)18-11-12-19(28-4)22(30-6)21(18)29-5/h7-12H,13H2,1-6H3,(H,24,27). The summed E-state index contributed by atoms with van der Waals surface area (Å²) in [7, 11) is 4.53. The van der Waals surface area contributed by atoms with Crippen LogP contribution in [0.1, 0.15) is 32.9 Å². The number of methoxy groups -OCH3 is 3. The molecule has 3 rings (SSSR count). The van der Waals surface area contributed by atoms with Gasteiger partial charge in [-0.2, -0.15) is 5.10 Å². The zero-order valence-electron chi connectivity index (χ0n) is 18.2. The van der Waals surface area contributed by atoms with E-state index < -0.39 is 0 Å². The summed E-state index contributed by atoms with van der Waals surface area (Å²) < 4.78 is 18.0. The Morgan fingerprint density at radius 3 is 2.30 bits per heavy atom. The van der Waals surface area contributed by atoms with Crippen molar-refractivity contribution in [1.29, 1.82) is 0 Å². The van der Waals surface area contributed by atoms with E-state index in [4.69, 9.17) is 14.2 Å². The minimum Gasteiger partial charge on any atom is -0.493 e. The molecule has 0 atom stereocenters. The first-order chi connectivity index (χ1) is 14.4. The van der Waals surface area contributed by atoms with Crippen molar-refractivity contribution in [3.8, 4) is 17.2 Å². The molecule has 1 aromatic heterocycles. The molecule has 0 aliphatic carbocycles. The van der Waals surface area contributed by atoms with Crippen LogP contribution in [0.5, 0.6) is 17.2 Å². The zero-order chi connectivity index (χ0) is 21.8. The van der Waals surface area contributed by atoms with Gasteiger partial charge in [-0.15, -0.1) is 0 Å². The summed E-state index contributed by atoms with van der Waals surface area (Å²) in [5.74, 6) is 0.868. The number of carbonyl (C=O) groups excluding carboxylic acids is 1. The van der Waals surface area contributed by atoms with E-state index in [1.54, 1.807) is 12.1 Å². The first-order valence-electron chi connectivity index (χ1n) is 9.60. The predicted molar refractivity (Wildman–Crippen MR) is 116 cm³/mol. The molecule has 158 valence electrons. The number of nitrogens with zero attached hydrogens (tertiary/aromatic N) is 2. The lowest BCUT2D eigenvalue weighted by molar-refractivity contribution is 0.102. The van der Waals surface area contributed by atoms with Crippen LogP contribution in [0.2, 0.25) is 0 Å². The largest absolute Gasteiger partial charge is 0.493 e. The van der Waals surface area contributed by atoms with Crippen molar-refractivity contribution in [2.75, 3.05) is 26.6 Å². The molecule has 3 aromatic rings. The molecule has 0 saturated carbocycles. The van der Waals surface area contributed by atoms with Crippen molar-refractivity contribution in [2.45, 2.75) is 27.3 Å². The molecule has 0 aliphatic heterocycles. The molecule has 0 fully saturated rings. The fraction of sp³-hybridized carbons (Fsp3) is 0.304. The van der Waals surface area contributed by atoms with E-state index in [-0.39, 0.29) is 5.91 Å². The second-order valence-electron chi connectivity index (χ2n) is 6.97. The molecule has 0 bridgehead atoms. The van der Waals surface area contributed by atoms with Gasteiger partial charge in [-0.3, -0.25) is 9.48 Å². The Morgan fingerprint density at radius 2 is 1.67 bits per heavy atom. The zero-order valence-corrected chi connectivity index (χ0v) is 18.2. The van der Waals surface area contributed by atoms with Gasteiger partial charge in [0.05, 0.1) is 50.5 Å². The van der Waals surface area contributed by atoms with Gasteiger partial charge in [0.2, 0.25) is 5.75 Å². The predicted octanol–water partition coefficient (Wildman–Crippen LogP) is 4.13. The third-order valence-electron chi connectivity index (χ3n) is 5.15. The Morgan fingerprint density at radius 1 is 0.967 bits per heavy atom. The highest BCUT2D eigenvalue weighted by molar-refractivity contribution is 6.07. The van der Waals surface area contributed by atoms with Gasteiger partial charge in [0.1, 0.15) is 0 Å². The van der Waals surface area contributed by atoms with Crippen LogP contribution in [0.4, 0.5) is 5.69 Å². The molecule has 7 nitrogen and oxygen atoms in total. The number of rotatable bonds is 7. The number of ether oxygens (including phenoxy) is 3. The van der Waals surface area contributed by atoms with E-state index in [0.717, 1.165) is 11.4 Å². The van der Waals surface area contributed by atoms with Crippen molar-refractivity contribution in [3.05, 3.63) is 64.5 Å². The Kier molecular flexibility index (Phi) is 6.30. The van der Waals surface area contributed by atoms with Gasteiger partial charge in [-0.1, -0.05) is 24.3 Å². The van der Waals surface area contributed by atoms with Crippen LogP contribution < -0.4 is 19.5 Å². The second-order valence-corrected chi connectivity index (χ2v) is 6.97. The highest BCUT2D eigenvalue weighted by Crippen LogP contribution is 2.40. The topological polar surface area (TPSA) is 74.6 Å². The maximum absolute atomic E-state index is 13.1. The van der Waals surface area contributed by atoms with Crippen molar-refractivity contribution < 1.29 is 19.0 Å². The van der Waals surface area contributed by atoms with E-state index in [2.05, 4.69) is 29.5 Å². The summed E-state index contributed by atoms with van der Waals surface area (Å²) in [5, 5.41) is 7.60. The lowest BCUT2D eigenvalue weighted by atomic mass is 10.1. The van der Waals surface area contributed by atoms with E-state index >= 15 is 0 Å². The summed E-state index contributed by atoms with van der Waals surface area (Å²) in [6.45, 7) is 6.53. The van der Waals surface area contributed by atoms with E-state index in [0.29, 0.717) is 35.0 Å². The van der Waals surface area contributed by atoms with Gasteiger partial charge < -0.3 is 19.5 Å². The molecule has 0 radical (unpaired) electrons. The fourth-order valence-corrected chi connectivity index (χ4v) is 3.44. The van der Waals surface area contributed by atoms with Gasteiger partial charge in [-0.05, 0) is 44.0 Å². The average molecular weight is 409 g/mol. The van der Waals surface area contributed by atoms with Crippen LogP contribution in [0.25, 0.3) is 0 Å². The van der Waals surface area contributed by atoms with Crippen LogP contribution in [0.3, 0.4) is 0 Å². The van der Waals surface area contributed by atoms with Gasteiger partial charge >= 0.3 is 0 Å². The first-order valence-corrected chi connectivity index (χ1v) is 9.60. The lowest BCUT2D eigenvalue weighted by Gasteiger charge is -2.15. The molecule has 2 aromatic carbocycles.